The van der Waals surface area contributed by atoms with Crippen LogP contribution in [0.3, 0.4) is 0 Å². The molecule has 0 amide bonds. The van der Waals surface area contributed by atoms with Gasteiger partial charge in [-0.2, -0.15) is 0 Å². The Balaban J connectivity index is 3.25. The third-order valence-corrected chi connectivity index (χ3v) is 1.63. The van der Waals surface area contributed by atoms with E-state index in [-0.39, 0.29) is 0 Å². The van der Waals surface area contributed by atoms with Gasteiger partial charge in [0.25, 0.3) is 0 Å². The molecule has 0 aromatic heterocycles. The third kappa shape index (κ3) is 9.62. The monoisotopic (exact) mass is 171 g/mol. The first-order chi connectivity index (χ1) is 5.56. The van der Waals surface area contributed by atoms with Gasteiger partial charge >= 0.3 is 0 Å². The first-order valence-electron chi connectivity index (χ1n) is 4.60. The molecule has 0 aromatic carbocycles. The molecule has 3 heteroatoms. The SMILES string of the molecule is CCCCCCC=CC(N)(N)N. The number of unbranched alkanes of at least 4 members (excludes halogenated alkanes) is 4. The summed E-state index contributed by atoms with van der Waals surface area (Å²) in [5, 5.41) is 0. The van der Waals surface area contributed by atoms with Gasteiger partial charge in [0, 0.05) is 0 Å². The van der Waals surface area contributed by atoms with E-state index < -0.39 is 5.79 Å². The highest BCUT2D eigenvalue weighted by Gasteiger charge is 2.03. The molecule has 0 saturated heterocycles. The third-order valence-electron chi connectivity index (χ3n) is 1.63. The van der Waals surface area contributed by atoms with Crippen molar-refractivity contribution < 1.29 is 0 Å². The number of allylic oxidation sites excluding steroid dienone is 1. The van der Waals surface area contributed by atoms with E-state index >= 15 is 0 Å². The van der Waals surface area contributed by atoms with Gasteiger partial charge < -0.3 is 0 Å². The zero-order valence-electron chi connectivity index (χ0n) is 7.92. The summed E-state index contributed by atoms with van der Waals surface area (Å²) in [4.78, 5) is 0. The molecule has 0 fully saturated rings. The van der Waals surface area contributed by atoms with Gasteiger partial charge in [-0.1, -0.05) is 32.3 Å². The molecule has 0 unspecified atom stereocenters. The van der Waals surface area contributed by atoms with Crippen molar-refractivity contribution in [2.24, 2.45) is 17.2 Å². The molecule has 0 rings (SSSR count). The van der Waals surface area contributed by atoms with E-state index in [2.05, 4.69) is 6.92 Å². The Kier molecular flexibility index (Phi) is 5.98. The Hall–Kier alpha value is -0.380. The van der Waals surface area contributed by atoms with Crippen LogP contribution in [0.15, 0.2) is 12.2 Å². The zero-order chi connectivity index (χ0) is 9.45. The fourth-order valence-corrected chi connectivity index (χ4v) is 0.976. The largest absolute Gasteiger partial charge is 0.298 e. The van der Waals surface area contributed by atoms with Crippen LogP contribution < -0.4 is 17.2 Å². The second kappa shape index (κ2) is 6.17. The van der Waals surface area contributed by atoms with Gasteiger partial charge in [0.05, 0.1) is 0 Å². The summed E-state index contributed by atoms with van der Waals surface area (Å²) >= 11 is 0. The Morgan fingerprint density at radius 3 is 2.25 bits per heavy atom. The molecule has 0 spiro atoms. The first-order valence-corrected chi connectivity index (χ1v) is 4.60. The van der Waals surface area contributed by atoms with E-state index in [9.17, 15) is 0 Å². The Morgan fingerprint density at radius 1 is 1.08 bits per heavy atom. The molecular formula is C9H21N3. The van der Waals surface area contributed by atoms with Crippen molar-refractivity contribution in [3.8, 4) is 0 Å². The van der Waals surface area contributed by atoms with Crippen molar-refractivity contribution in [2.75, 3.05) is 0 Å². The maximum atomic E-state index is 5.35. The maximum absolute atomic E-state index is 5.35. The van der Waals surface area contributed by atoms with E-state index in [4.69, 9.17) is 17.2 Å². The topological polar surface area (TPSA) is 78.1 Å². The van der Waals surface area contributed by atoms with Gasteiger partial charge in [-0.25, -0.2) is 0 Å². The van der Waals surface area contributed by atoms with Gasteiger partial charge in [0.2, 0.25) is 0 Å². The fourth-order valence-electron chi connectivity index (χ4n) is 0.976. The second-order valence-corrected chi connectivity index (χ2v) is 3.25. The molecule has 0 aromatic rings. The minimum absolute atomic E-state index is 1.02. The average molecular weight is 171 g/mol. The lowest BCUT2D eigenvalue weighted by atomic mass is 10.1. The summed E-state index contributed by atoms with van der Waals surface area (Å²) in [5.74, 6) is -1.13. The maximum Gasteiger partial charge on any atom is 0.135 e. The van der Waals surface area contributed by atoms with Gasteiger partial charge in [-0.15, -0.1) is 0 Å². The van der Waals surface area contributed by atoms with E-state index in [1.165, 1.54) is 25.7 Å². The predicted molar refractivity (Wildman–Crippen MR) is 53.2 cm³/mol. The number of hydrogen-bond acceptors (Lipinski definition) is 3. The summed E-state index contributed by atoms with van der Waals surface area (Å²) in [6.45, 7) is 2.19. The van der Waals surface area contributed by atoms with Crippen LogP contribution in [0.5, 0.6) is 0 Å². The molecule has 0 atom stereocenters. The molecule has 0 saturated carbocycles. The van der Waals surface area contributed by atoms with E-state index in [1.807, 2.05) is 6.08 Å². The van der Waals surface area contributed by atoms with Gasteiger partial charge in [-0.05, 0) is 18.9 Å². The summed E-state index contributed by atoms with van der Waals surface area (Å²) < 4.78 is 0. The number of rotatable bonds is 6. The predicted octanol–water partition coefficient (Wildman–Crippen LogP) is 1.04. The fraction of sp³-hybridized carbons (Fsp3) is 0.778. The smallest absolute Gasteiger partial charge is 0.135 e. The number of nitrogens with two attached hydrogens (primary N) is 3. The lowest BCUT2D eigenvalue weighted by Crippen LogP contribution is -2.56. The molecule has 0 heterocycles. The molecule has 3 nitrogen and oxygen atoms in total. The first kappa shape index (κ1) is 11.6. The van der Waals surface area contributed by atoms with E-state index in [1.54, 1.807) is 6.08 Å². The molecule has 0 bridgehead atoms. The van der Waals surface area contributed by atoms with Crippen molar-refractivity contribution in [3.63, 3.8) is 0 Å². The van der Waals surface area contributed by atoms with Crippen molar-refractivity contribution in [2.45, 2.75) is 44.8 Å². The highest BCUT2D eigenvalue weighted by atomic mass is 15.1. The van der Waals surface area contributed by atoms with Crippen LogP contribution in [-0.4, -0.2) is 5.79 Å². The quantitative estimate of drug-likeness (QED) is 0.317. The Bertz CT molecular complexity index is 124. The standard InChI is InChI=1S/C9H21N3/c1-2-3-4-5-6-7-8-9(10,11)12/h7-8H,2-6,10-12H2,1H3. The Labute approximate surface area is 75.0 Å². The minimum Gasteiger partial charge on any atom is -0.298 e. The summed E-state index contributed by atoms with van der Waals surface area (Å²) in [7, 11) is 0. The van der Waals surface area contributed by atoms with Gasteiger partial charge in [-0.3, -0.25) is 17.2 Å². The lowest BCUT2D eigenvalue weighted by molar-refractivity contribution is 0.578. The van der Waals surface area contributed by atoms with E-state index in [0.717, 1.165) is 6.42 Å². The molecule has 6 N–H and O–H groups in total. The molecule has 72 valence electrons. The summed E-state index contributed by atoms with van der Waals surface area (Å²) in [6.07, 6.45) is 9.65. The van der Waals surface area contributed by atoms with Crippen LogP contribution in [0, 0.1) is 0 Å². The van der Waals surface area contributed by atoms with Crippen LogP contribution in [0.4, 0.5) is 0 Å². The normalized spacial score (nSPS) is 12.7. The lowest BCUT2D eigenvalue weighted by Gasteiger charge is -2.11. The average Bonchev–Trinajstić information content (AvgIpc) is 1.94. The summed E-state index contributed by atoms with van der Waals surface area (Å²) in [5.41, 5.74) is 16.0. The van der Waals surface area contributed by atoms with Crippen LogP contribution in [0.25, 0.3) is 0 Å². The number of hydrogen-bond donors (Lipinski definition) is 3. The molecule has 0 aliphatic heterocycles. The van der Waals surface area contributed by atoms with Crippen molar-refractivity contribution >= 4 is 0 Å². The van der Waals surface area contributed by atoms with Gasteiger partial charge in [0.1, 0.15) is 5.79 Å². The van der Waals surface area contributed by atoms with Gasteiger partial charge in [0.15, 0.2) is 0 Å². The van der Waals surface area contributed by atoms with Crippen molar-refractivity contribution in [1.29, 1.82) is 0 Å². The molecular weight excluding hydrogens is 150 g/mol. The molecule has 0 aliphatic rings. The zero-order valence-corrected chi connectivity index (χ0v) is 7.92. The second-order valence-electron chi connectivity index (χ2n) is 3.25. The van der Waals surface area contributed by atoms with E-state index in [0.29, 0.717) is 0 Å². The Morgan fingerprint density at radius 2 is 1.75 bits per heavy atom. The highest BCUT2D eigenvalue weighted by Crippen LogP contribution is 2.03. The van der Waals surface area contributed by atoms with Crippen molar-refractivity contribution in [1.82, 2.24) is 0 Å². The van der Waals surface area contributed by atoms with Crippen LogP contribution in [0.1, 0.15) is 39.0 Å². The molecule has 12 heavy (non-hydrogen) atoms. The summed E-state index contributed by atoms with van der Waals surface area (Å²) in [6, 6.07) is 0. The van der Waals surface area contributed by atoms with Crippen LogP contribution in [-0.2, 0) is 0 Å². The minimum atomic E-state index is -1.13. The highest BCUT2D eigenvalue weighted by molar-refractivity contribution is 4.96. The molecule has 0 aliphatic carbocycles. The van der Waals surface area contributed by atoms with Crippen LogP contribution >= 0.6 is 0 Å². The van der Waals surface area contributed by atoms with Crippen LogP contribution in [0.2, 0.25) is 0 Å². The molecule has 0 radical (unpaired) electrons. The van der Waals surface area contributed by atoms with Crippen molar-refractivity contribution in [3.05, 3.63) is 12.2 Å².